The van der Waals surface area contributed by atoms with Gasteiger partial charge < -0.3 is 15.1 Å². The van der Waals surface area contributed by atoms with E-state index in [0.29, 0.717) is 13.0 Å². The summed E-state index contributed by atoms with van der Waals surface area (Å²) < 4.78 is 0. The number of aliphatic carboxylic acids is 1. The molecule has 0 heterocycles. The van der Waals surface area contributed by atoms with Gasteiger partial charge in [0.2, 0.25) is 5.91 Å². The molecule has 0 bridgehead atoms. The van der Waals surface area contributed by atoms with Crippen LogP contribution in [0.5, 0.6) is 0 Å². The molecule has 0 aliphatic carbocycles. The Morgan fingerprint density at radius 3 is 2.04 bits per heavy atom. The number of carbonyl (C=O) groups is 2. The summed E-state index contributed by atoms with van der Waals surface area (Å²) in [6.07, 6.45) is 11.2. The van der Waals surface area contributed by atoms with Crippen molar-refractivity contribution in [3.8, 4) is 0 Å². The van der Waals surface area contributed by atoms with Crippen LogP contribution >= 0.6 is 0 Å². The van der Waals surface area contributed by atoms with E-state index in [1.54, 1.807) is 4.90 Å². The van der Waals surface area contributed by atoms with Gasteiger partial charge >= 0.3 is 5.97 Å². The minimum atomic E-state index is -0.736. The molecule has 2 unspecified atom stereocenters. The first-order valence-corrected chi connectivity index (χ1v) is 10.6. The molecule has 0 aliphatic rings. The van der Waals surface area contributed by atoms with E-state index in [1.165, 1.54) is 12.8 Å². The van der Waals surface area contributed by atoms with E-state index in [1.807, 2.05) is 14.0 Å². The molecule has 0 fully saturated rings. The highest BCUT2D eigenvalue weighted by atomic mass is 16.4. The van der Waals surface area contributed by atoms with Gasteiger partial charge in [-0.15, -0.1) is 0 Å². The Balaban J connectivity index is 4.18. The zero-order valence-electron chi connectivity index (χ0n) is 17.2. The molecule has 0 aromatic rings. The second kappa shape index (κ2) is 16.1. The van der Waals surface area contributed by atoms with Crippen LogP contribution in [-0.4, -0.2) is 46.7 Å². The quantitative estimate of drug-likeness (QED) is 0.366. The Morgan fingerprint density at radius 2 is 1.42 bits per heavy atom. The number of amides is 1. The smallest absolute Gasteiger partial charge is 0.303 e. The van der Waals surface area contributed by atoms with Gasteiger partial charge in [-0.1, -0.05) is 51.9 Å². The molecule has 0 radical (unpaired) electrons. The van der Waals surface area contributed by atoms with Crippen molar-refractivity contribution in [2.24, 2.45) is 5.92 Å². The van der Waals surface area contributed by atoms with Crippen LogP contribution in [0.25, 0.3) is 0 Å². The summed E-state index contributed by atoms with van der Waals surface area (Å²) in [6, 6.07) is 0. The lowest BCUT2D eigenvalue weighted by Gasteiger charge is -2.23. The number of carboxylic acid groups (broad SMARTS) is 1. The Morgan fingerprint density at radius 1 is 0.846 bits per heavy atom. The number of hydrogen-bond donors (Lipinski definition) is 2. The lowest BCUT2D eigenvalue weighted by molar-refractivity contribution is -0.137. The zero-order chi connectivity index (χ0) is 19.8. The Labute approximate surface area is 160 Å². The summed E-state index contributed by atoms with van der Waals surface area (Å²) >= 11 is 0. The van der Waals surface area contributed by atoms with Crippen molar-refractivity contribution in [2.45, 2.75) is 103 Å². The fourth-order valence-corrected chi connectivity index (χ4v) is 3.25. The van der Waals surface area contributed by atoms with E-state index in [0.717, 1.165) is 57.8 Å². The maximum absolute atomic E-state index is 12.6. The highest BCUT2D eigenvalue weighted by Gasteiger charge is 2.21. The first-order valence-electron chi connectivity index (χ1n) is 10.6. The van der Waals surface area contributed by atoms with Gasteiger partial charge in [-0.05, 0) is 39.0 Å². The van der Waals surface area contributed by atoms with Crippen molar-refractivity contribution in [1.29, 1.82) is 0 Å². The Bertz CT molecular complexity index is 373. The van der Waals surface area contributed by atoms with Crippen molar-refractivity contribution >= 4 is 11.9 Å². The third kappa shape index (κ3) is 13.2. The molecule has 0 rings (SSSR count). The summed E-state index contributed by atoms with van der Waals surface area (Å²) in [4.78, 5) is 24.9. The molecule has 0 spiro atoms. The van der Waals surface area contributed by atoms with Crippen LogP contribution in [0.4, 0.5) is 0 Å². The van der Waals surface area contributed by atoms with Gasteiger partial charge in [0.05, 0.1) is 6.10 Å². The monoisotopic (exact) mass is 371 g/mol. The molecule has 26 heavy (non-hydrogen) atoms. The predicted octanol–water partition coefficient (Wildman–Crippen LogP) is 4.62. The second-order valence-corrected chi connectivity index (χ2v) is 7.48. The van der Waals surface area contributed by atoms with Crippen LogP contribution in [-0.2, 0) is 9.59 Å². The normalized spacial score (nSPS) is 13.4. The first-order chi connectivity index (χ1) is 12.4. The maximum Gasteiger partial charge on any atom is 0.303 e. The fourth-order valence-electron chi connectivity index (χ4n) is 3.25. The van der Waals surface area contributed by atoms with E-state index >= 15 is 0 Å². The molecule has 0 saturated carbocycles. The van der Waals surface area contributed by atoms with E-state index in [9.17, 15) is 14.7 Å². The second-order valence-electron chi connectivity index (χ2n) is 7.48. The minimum Gasteiger partial charge on any atom is -0.481 e. The zero-order valence-corrected chi connectivity index (χ0v) is 17.2. The summed E-state index contributed by atoms with van der Waals surface area (Å²) in [5.74, 6) is -0.499. The Hall–Kier alpha value is -1.10. The molecule has 0 aliphatic heterocycles. The van der Waals surface area contributed by atoms with Crippen LogP contribution < -0.4 is 0 Å². The molecule has 1 amide bonds. The molecule has 154 valence electrons. The number of carboxylic acids is 1. The molecule has 5 heteroatoms. The maximum atomic E-state index is 12.6. The van der Waals surface area contributed by atoms with Gasteiger partial charge in [-0.2, -0.15) is 0 Å². The molecule has 5 nitrogen and oxygen atoms in total. The summed E-state index contributed by atoms with van der Waals surface area (Å²) in [7, 11) is 1.85. The average Bonchev–Trinajstić information content (AvgIpc) is 2.61. The van der Waals surface area contributed by atoms with Crippen LogP contribution in [0.2, 0.25) is 0 Å². The first kappa shape index (κ1) is 24.9. The van der Waals surface area contributed by atoms with E-state index < -0.39 is 5.97 Å². The van der Waals surface area contributed by atoms with Crippen LogP contribution in [0, 0.1) is 5.92 Å². The topological polar surface area (TPSA) is 77.8 Å². The largest absolute Gasteiger partial charge is 0.481 e. The molecule has 0 aromatic heterocycles. The standard InChI is InChI=1S/C21H41NO4/c1-4-6-9-15-19(23)16-12-14-18(21(26)22(3)5-2)13-10-7-8-11-17-20(24)25/h18-19,23H,4-17H2,1-3H3,(H,24,25). The SMILES string of the molecule is CCCCCC(O)CCCC(CCCCCCC(=O)O)C(=O)N(C)CC. The van der Waals surface area contributed by atoms with Crippen molar-refractivity contribution < 1.29 is 19.8 Å². The number of rotatable bonds is 17. The summed E-state index contributed by atoms with van der Waals surface area (Å²) in [5, 5.41) is 18.7. The highest BCUT2D eigenvalue weighted by molar-refractivity contribution is 5.78. The lowest BCUT2D eigenvalue weighted by atomic mass is 9.92. The van der Waals surface area contributed by atoms with Gasteiger partial charge in [0.1, 0.15) is 0 Å². The van der Waals surface area contributed by atoms with Crippen molar-refractivity contribution in [3.63, 3.8) is 0 Å². The molecule has 2 atom stereocenters. The molecule has 0 aromatic carbocycles. The van der Waals surface area contributed by atoms with E-state index in [4.69, 9.17) is 5.11 Å². The number of unbranched alkanes of at least 4 members (excludes halogenated alkanes) is 5. The van der Waals surface area contributed by atoms with Gasteiger partial charge in [-0.25, -0.2) is 0 Å². The van der Waals surface area contributed by atoms with Crippen molar-refractivity contribution in [1.82, 2.24) is 4.90 Å². The predicted molar refractivity (Wildman–Crippen MR) is 106 cm³/mol. The number of hydrogen-bond acceptors (Lipinski definition) is 3. The molecular formula is C21H41NO4. The highest BCUT2D eigenvalue weighted by Crippen LogP contribution is 2.21. The molecule has 0 saturated heterocycles. The number of aliphatic hydroxyl groups is 1. The van der Waals surface area contributed by atoms with Crippen LogP contribution in [0.1, 0.15) is 97.3 Å². The number of nitrogens with zero attached hydrogens (tertiary/aromatic N) is 1. The number of aliphatic hydroxyl groups excluding tert-OH is 1. The average molecular weight is 372 g/mol. The molecule has 2 N–H and O–H groups in total. The van der Waals surface area contributed by atoms with Gasteiger partial charge in [0.25, 0.3) is 0 Å². The van der Waals surface area contributed by atoms with Gasteiger partial charge in [0.15, 0.2) is 0 Å². The van der Waals surface area contributed by atoms with Gasteiger partial charge in [0, 0.05) is 25.9 Å². The molecular weight excluding hydrogens is 330 g/mol. The van der Waals surface area contributed by atoms with E-state index in [-0.39, 0.29) is 24.3 Å². The van der Waals surface area contributed by atoms with Crippen molar-refractivity contribution in [2.75, 3.05) is 13.6 Å². The van der Waals surface area contributed by atoms with Crippen LogP contribution in [0.15, 0.2) is 0 Å². The number of carbonyl (C=O) groups excluding carboxylic acids is 1. The summed E-state index contributed by atoms with van der Waals surface area (Å²) in [5.41, 5.74) is 0. The third-order valence-corrected chi connectivity index (χ3v) is 5.12. The Kier molecular flexibility index (Phi) is 15.4. The summed E-state index contributed by atoms with van der Waals surface area (Å²) in [6.45, 7) is 4.86. The minimum absolute atomic E-state index is 0.0299. The van der Waals surface area contributed by atoms with Crippen LogP contribution in [0.3, 0.4) is 0 Å². The third-order valence-electron chi connectivity index (χ3n) is 5.12. The van der Waals surface area contributed by atoms with E-state index in [2.05, 4.69) is 6.92 Å². The lowest BCUT2D eigenvalue weighted by Crippen LogP contribution is -2.33. The fraction of sp³-hybridized carbons (Fsp3) is 0.905. The van der Waals surface area contributed by atoms with Crippen molar-refractivity contribution in [3.05, 3.63) is 0 Å². The van der Waals surface area contributed by atoms with Gasteiger partial charge in [-0.3, -0.25) is 9.59 Å².